The number of hydrogen-bond acceptors (Lipinski definition) is 5. The molecule has 0 aliphatic carbocycles. The van der Waals surface area contributed by atoms with Crippen LogP contribution in [0.1, 0.15) is 35.0 Å². The van der Waals surface area contributed by atoms with E-state index in [0.29, 0.717) is 5.88 Å². The molecule has 20 heavy (non-hydrogen) atoms. The fourth-order valence-electron chi connectivity index (χ4n) is 1.81. The van der Waals surface area contributed by atoms with Crippen LogP contribution in [0.3, 0.4) is 0 Å². The molecule has 0 amide bonds. The maximum absolute atomic E-state index is 5.71. The summed E-state index contributed by atoms with van der Waals surface area (Å²) in [4.78, 5) is 10.1. The largest absolute Gasteiger partial charge is 0.475 e. The molecule has 2 heterocycles. The average molecular weight is 291 g/mol. The molecule has 0 atom stereocenters. The van der Waals surface area contributed by atoms with Gasteiger partial charge in [-0.05, 0) is 33.8 Å². The first-order valence-electron chi connectivity index (χ1n) is 6.80. The van der Waals surface area contributed by atoms with Crippen molar-refractivity contribution in [2.45, 2.75) is 46.9 Å². The van der Waals surface area contributed by atoms with E-state index in [0.717, 1.165) is 29.4 Å². The van der Waals surface area contributed by atoms with E-state index >= 15 is 0 Å². The van der Waals surface area contributed by atoms with Crippen LogP contribution < -0.4 is 10.1 Å². The summed E-state index contributed by atoms with van der Waals surface area (Å²) in [5.74, 6) is 0.710. The fourth-order valence-corrected chi connectivity index (χ4v) is 2.71. The second-order valence-corrected chi connectivity index (χ2v) is 6.27. The normalized spacial score (nSPS) is 11.1. The van der Waals surface area contributed by atoms with Gasteiger partial charge in [0.2, 0.25) is 5.88 Å². The van der Waals surface area contributed by atoms with Gasteiger partial charge in [-0.15, -0.1) is 11.3 Å². The van der Waals surface area contributed by atoms with E-state index < -0.39 is 0 Å². The summed E-state index contributed by atoms with van der Waals surface area (Å²) in [5.41, 5.74) is 2.20. The van der Waals surface area contributed by atoms with Crippen molar-refractivity contribution in [1.29, 1.82) is 0 Å². The van der Waals surface area contributed by atoms with Gasteiger partial charge in [0.1, 0.15) is 5.01 Å². The second kappa shape index (κ2) is 6.81. The van der Waals surface area contributed by atoms with Gasteiger partial charge < -0.3 is 10.1 Å². The minimum atomic E-state index is 0.132. The molecule has 0 aromatic carbocycles. The number of thiazole rings is 1. The van der Waals surface area contributed by atoms with E-state index in [1.54, 1.807) is 17.5 Å². The Morgan fingerprint density at radius 3 is 2.75 bits per heavy atom. The lowest BCUT2D eigenvalue weighted by atomic mass is 10.2. The van der Waals surface area contributed by atoms with Crippen molar-refractivity contribution in [3.8, 4) is 5.88 Å². The monoisotopic (exact) mass is 291 g/mol. The standard InChI is InChI=1S/C15H21N3OS/c1-10(2)19-15-13(6-5-7-17-15)8-16-9-14-18-11(3)12(4)20-14/h5-7,10,16H,8-9H2,1-4H3. The zero-order valence-electron chi connectivity index (χ0n) is 12.4. The van der Waals surface area contributed by atoms with Gasteiger partial charge in [0, 0.05) is 29.7 Å². The first-order valence-corrected chi connectivity index (χ1v) is 7.62. The minimum Gasteiger partial charge on any atom is -0.475 e. The van der Waals surface area contributed by atoms with Gasteiger partial charge in [-0.25, -0.2) is 9.97 Å². The number of aromatic nitrogens is 2. The Kier molecular flexibility index (Phi) is 5.09. The van der Waals surface area contributed by atoms with E-state index in [2.05, 4.69) is 22.2 Å². The highest BCUT2D eigenvalue weighted by molar-refractivity contribution is 7.11. The predicted molar refractivity (Wildman–Crippen MR) is 82.1 cm³/mol. The summed E-state index contributed by atoms with van der Waals surface area (Å²) in [5, 5.41) is 4.52. The summed E-state index contributed by atoms with van der Waals surface area (Å²) in [7, 11) is 0. The van der Waals surface area contributed by atoms with Crippen molar-refractivity contribution >= 4 is 11.3 Å². The summed E-state index contributed by atoms with van der Waals surface area (Å²) >= 11 is 1.74. The van der Waals surface area contributed by atoms with E-state index in [-0.39, 0.29) is 6.10 Å². The van der Waals surface area contributed by atoms with Crippen LogP contribution in [0.25, 0.3) is 0 Å². The van der Waals surface area contributed by atoms with Crippen molar-refractivity contribution in [3.05, 3.63) is 39.5 Å². The van der Waals surface area contributed by atoms with Crippen LogP contribution in [0.5, 0.6) is 5.88 Å². The zero-order valence-corrected chi connectivity index (χ0v) is 13.3. The third-order valence-corrected chi connectivity index (χ3v) is 3.93. The molecule has 0 radical (unpaired) electrons. The molecule has 0 spiro atoms. The first-order chi connectivity index (χ1) is 9.56. The molecule has 0 aliphatic heterocycles. The summed E-state index contributed by atoms with van der Waals surface area (Å²) in [6.07, 6.45) is 1.89. The number of hydrogen-bond donors (Lipinski definition) is 1. The highest BCUT2D eigenvalue weighted by atomic mass is 32.1. The van der Waals surface area contributed by atoms with Gasteiger partial charge in [0.05, 0.1) is 11.8 Å². The SMILES string of the molecule is Cc1nc(CNCc2cccnc2OC(C)C)sc1C. The zero-order chi connectivity index (χ0) is 14.5. The van der Waals surface area contributed by atoms with Crippen molar-refractivity contribution in [1.82, 2.24) is 15.3 Å². The second-order valence-electron chi connectivity index (χ2n) is 4.99. The van der Waals surface area contributed by atoms with Gasteiger partial charge in [-0.2, -0.15) is 0 Å². The molecule has 0 saturated heterocycles. The van der Waals surface area contributed by atoms with E-state index in [1.165, 1.54) is 4.88 Å². The Bertz CT molecular complexity index is 546. The average Bonchev–Trinajstić information content (AvgIpc) is 2.70. The van der Waals surface area contributed by atoms with Crippen molar-refractivity contribution in [2.75, 3.05) is 0 Å². The maximum atomic E-state index is 5.71. The van der Waals surface area contributed by atoms with Crippen LogP contribution in [-0.4, -0.2) is 16.1 Å². The van der Waals surface area contributed by atoms with Crippen molar-refractivity contribution in [3.63, 3.8) is 0 Å². The van der Waals surface area contributed by atoms with Crippen LogP contribution in [0.15, 0.2) is 18.3 Å². The van der Waals surface area contributed by atoms with Gasteiger partial charge in [0.25, 0.3) is 0 Å². The smallest absolute Gasteiger partial charge is 0.218 e. The molecule has 2 aromatic heterocycles. The Balaban J connectivity index is 1.93. The topological polar surface area (TPSA) is 47.0 Å². The number of aryl methyl sites for hydroxylation is 2. The molecular weight excluding hydrogens is 270 g/mol. The molecule has 2 aromatic rings. The fraction of sp³-hybridized carbons (Fsp3) is 0.467. The molecule has 4 nitrogen and oxygen atoms in total. The van der Waals surface area contributed by atoms with Crippen LogP contribution in [0, 0.1) is 13.8 Å². The lowest BCUT2D eigenvalue weighted by Crippen LogP contribution is -2.15. The predicted octanol–water partition coefficient (Wildman–Crippen LogP) is 3.23. The molecule has 1 N–H and O–H groups in total. The Morgan fingerprint density at radius 2 is 2.10 bits per heavy atom. The lowest BCUT2D eigenvalue weighted by molar-refractivity contribution is 0.229. The molecule has 0 unspecified atom stereocenters. The molecule has 0 fully saturated rings. The van der Waals surface area contributed by atoms with Gasteiger partial charge in [-0.1, -0.05) is 6.07 Å². The third-order valence-electron chi connectivity index (χ3n) is 2.86. The number of pyridine rings is 1. The van der Waals surface area contributed by atoms with E-state index in [9.17, 15) is 0 Å². The summed E-state index contributed by atoms with van der Waals surface area (Å²) < 4.78 is 5.71. The van der Waals surface area contributed by atoms with Crippen molar-refractivity contribution < 1.29 is 4.74 Å². The van der Waals surface area contributed by atoms with Crippen LogP contribution in [0.4, 0.5) is 0 Å². The highest BCUT2D eigenvalue weighted by Crippen LogP contribution is 2.18. The Hall–Kier alpha value is -1.46. The van der Waals surface area contributed by atoms with E-state index in [4.69, 9.17) is 4.74 Å². The molecule has 108 valence electrons. The summed E-state index contributed by atoms with van der Waals surface area (Å²) in [6, 6.07) is 3.97. The minimum absolute atomic E-state index is 0.132. The van der Waals surface area contributed by atoms with Gasteiger partial charge >= 0.3 is 0 Å². The lowest BCUT2D eigenvalue weighted by Gasteiger charge is -2.12. The quantitative estimate of drug-likeness (QED) is 0.887. The molecule has 5 heteroatoms. The molecule has 2 rings (SSSR count). The van der Waals surface area contributed by atoms with Gasteiger partial charge in [0.15, 0.2) is 0 Å². The maximum Gasteiger partial charge on any atom is 0.218 e. The summed E-state index contributed by atoms with van der Waals surface area (Å²) in [6.45, 7) is 9.67. The molecular formula is C15H21N3OS. The van der Waals surface area contributed by atoms with Crippen LogP contribution in [-0.2, 0) is 13.1 Å². The number of nitrogens with one attached hydrogen (secondary N) is 1. The van der Waals surface area contributed by atoms with E-state index in [1.807, 2.05) is 32.9 Å². The third kappa shape index (κ3) is 4.02. The number of nitrogens with zero attached hydrogens (tertiary/aromatic N) is 2. The van der Waals surface area contributed by atoms with Crippen LogP contribution >= 0.6 is 11.3 Å². The first kappa shape index (κ1) is 14.9. The Morgan fingerprint density at radius 1 is 1.30 bits per heavy atom. The van der Waals surface area contributed by atoms with Crippen LogP contribution in [0.2, 0.25) is 0 Å². The molecule has 0 aliphatic rings. The number of rotatable bonds is 6. The van der Waals surface area contributed by atoms with Gasteiger partial charge in [-0.3, -0.25) is 0 Å². The highest BCUT2D eigenvalue weighted by Gasteiger charge is 2.07. The molecule has 0 saturated carbocycles. The Labute approximate surface area is 124 Å². The molecule has 0 bridgehead atoms. The number of ether oxygens (including phenoxy) is 1. The van der Waals surface area contributed by atoms with Crippen molar-refractivity contribution in [2.24, 2.45) is 0 Å².